The van der Waals surface area contributed by atoms with Gasteiger partial charge in [-0.2, -0.15) is 0 Å². The number of amides is 2. The van der Waals surface area contributed by atoms with E-state index in [9.17, 15) is 14.4 Å². The number of methoxy groups -OCH3 is 2. The molecule has 3 rings (SSSR count). The normalized spacial score (nSPS) is 13.0. The number of ether oxygens (including phenoxy) is 2. The molecule has 31 heavy (non-hydrogen) atoms. The van der Waals surface area contributed by atoms with Gasteiger partial charge in [-0.1, -0.05) is 0 Å². The van der Waals surface area contributed by atoms with Crippen LogP contribution in [0, 0.1) is 0 Å². The number of anilines is 2. The molecule has 8 heteroatoms. The maximum Gasteiger partial charge on any atom is 0.248 e. The first-order valence-corrected chi connectivity index (χ1v) is 10.2. The van der Waals surface area contributed by atoms with Gasteiger partial charge in [-0.25, -0.2) is 0 Å². The van der Waals surface area contributed by atoms with Crippen molar-refractivity contribution in [1.82, 2.24) is 0 Å². The molecular weight excluding hydrogens is 398 g/mol. The minimum absolute atomic E-state index is 0.00736. The Kier molecular flexibility index (Phi) is 7.12. The van der Waals surface area contributed by atoms with E-state index in [4.69, 9.17) is 15.2 Å². The van der Waals surface area contributed by atoms with Gasteiger partial charge in [0.05, 0.1) is 25.6 Å². The molecule has 1 aliphatic heterocycles. The van der Waals surface area contributed by atoms with Crippen molar-refractivity contribution in [2.24, 2.45) is 5.73 Å². The van der Waals surface area contributed by atoms with Crippen molar-refractivity contribution in [3.63, 3.8) is 0 Å². The van der Waals surface area contributed by atoms with Crippen molar-refractivity contribution in [2.75, 3.05) is 37.5 Å². The van der Waals surface area contributed by atoms with Gasteiger partial charge in [0, 0.05) is 37.1 Å². The van der Waals surface area contributed by atoms with Crippen molar-refractivity contribution >= 4 is 29.0 Å². The Morgan fingerprint density at radius 3 is 2.26 bits per heavy atom. The van der Waals surface area contributed by atoms with Crippen LogP contribution in [0.4, 0.5) is 11.4 Å². The van der Waals surface area contributed by atoms with Crippen LogP contribution >= 0.6 is 0 Å². The predicted octanol–water partition coefficient (Wildman–Crippen LogP) is 3.00. The highest BCUT2D eigenvalue weighted by atomic mass is 16.5. The third kappa shape index (κ3) is 5.33. The predicted molar refractivity (Wildman–Crippen MR) is 118 cm³/mol. The summed E-state index contributed by atoms with van der Waals surface area (Å²) in [5, 5.41) is 2.85. The zero-order valence-corrected chi connectivity index (χ0v) is 17.8. The van der Waals surface area contributed by atoms with Crippen LogP contribution in [0.5, 0.6) is 11.5 Å². The van der Waals surface area contributed by atoms with Crippen molar-refractivity contribution < 1.29 is 23.9 Å². The van der Waals surface area contributed by atoms with Gasteiger partial charge < -0.3 is 25.4 Å². The second kappa shape index (κ2) is 9.97. The average molecular weight is 425 g/mol. The van der Waals surface area contributed by atoms with E-state index in [1.807, 2.05) is 0 Å². The molecule has 0 unspecified atom stereocenters. The molecular formula is C23H27N3O5. The molecule has 2 aromatic carbocycles. The van der Waals surface area contributed by atoms with Crippen LogP contribution in [0.3, 0.4) is 0 Å². The lowest BCUT2D eigenvalue weighted by atomic mass is 10.1. The van der Waals surface area contributed by atoms with Gasteiger partial charge >= 0.3 is 0 Å². The molecule has 1 saturated heterocycles. The molecule has 0 radical (unpaired) electrons. The summed E-state index contributed by atoms with van der Waals surface area (Å²) in [5.41, 5.74) is 7.54. The molecule has 0 aromatic heterocycles. The number of ketones is 1. The monoisotopic (exact) mass is 425 g/mol. The molecule has 1 fully saturated rings. The lowest BCUT2D eigenvalue weighted by Gasteiger charge is -2.22. The Hall–Kier alpha value is -3.55. The number of hydrogen-bond acceptors (Lipinski definition) is 6. The summed E-state index contributed by atoms with van der Waals surface area (Å²) < 4.78 is 10.4. The number of Topliss-reactive ketones (excluding diaryl/α,β-unsaturated/α-hetero) is 1. The number of benzene rings is 2. The van der Waals surface area contributed by atoms with Crippen LogP contribution in [-0.4, -0.2) is 44.9 Å². The van der Waals surface area contributed by atoms with Gasteiger partial charge in [0.25, 0.3) is 0 Å². The first-order valence-electron chi connectivity index (χ1n) is 10.2. The number of carbonyl (C=O) groups is 3. The van der Waals surface area contributed by atoms with E-state index in [1.165, 1.54) is 14.2 Å². The quantitative estimate of drug-likeness (QED) is 0.598. The van der Waals surface area contributed by atoms with E-state index >= 15 is 0 Å². The maximum absolute atomic E-state index is 12.6. The van der Waals surface area contributed by atoms with Gasteiger partial charge in [0.2, 0.25) is 11.8 Å². The van der Waals surface area contributed by atoms with Gasteiger partial charge in [0.1, 0.15) is 0 Å². The van der Waals surface area contributed by atoms with E-state index in [2.05, 4.69) is 10.2 Å². The van der Waals surface area contributed by atoms with Crippen molar-refractivity contribution in [1.29, 1.82) is 0 Å². The number of nitrogens with zero attached hydrogens (tertiary/aromatic N) is 1. The van der Waals surface area contributed by atoms with E-state index in [-0.39, 0.29) is 24.5 Å². The van der Waals surface area contributed by atoms with Gasteiger partial charge in [-0.3, -0.25) is 14.4 Å². The Labute approximate surface area is 181 Å². The Morgan fingerprint density at radius 1 is 0.935 bits per heavy atom. The molecule has 2 amide bonds. The van der Waals surface area contributed by atoms with Gasteiger partial charge in [-0.15, -0.1) is 0 Å². The van der Waals surface area contributed by atoms with E-state index in [0.29, 0.717) is 28.3 Å². The first-order chi connectivity index (χ1) is 14.9. The summed E-state index contributed by atoms with van der Waals surface area (Å²) in [5.74, 6) is -0.0679. The zero-order chi connectivity index (χ0) is 22.4. The highest BCUT2D eigenvalue weighted by molar-refractivity contribution is 6.02. The van der Waals surface area contributed by atoms with Crippen LogP contribution in [-0.2, 0) is 4.79 Å². The smallest absolute Gasteiger partial charge is 0.248 e. The van der Waals surface area contributed by atoms with Gasteiger partial charge in [0.15, 0.2) is 17.3 Å². The number of primary amides is 1. The molecule has 3 N–H and O–H groups in total. The number of nitrogens with two attached hydrogens (primary N) is 1. The lowest BCUT2D eigenvalue weighted by molar-refractivity contribution is -0.116. The molecule has 0 atom stereocenters. The van der Waals surface area contributed by atoms with Crippen LogP contribution < -0.4 is 25.4 Å². The fourth-order valence-electron chi connectivity index (χ4n) is 3.62. The van der Waals surface area contributed by atoms with Crippen LogP contribution in [0.15, 0.2) is 36.4 Å². The molecule has 8 nitrogen and oxygen atoms in total. The van der Waals surface area contributed by atoms with E-state index < -0.39 is 5.91 Å². The molecule has 0 aliphatic carbocycles. The van der Waals surface area contributed by atoms with E-state index in [0.717, 1.165) is 31.6 Å². The number of nitrogens with one attached hydrogen (secondary N) is 1. The van der Waals surface area contributed by atoms with Crippen LogP contribution in [0.2, 0.25) is 0 Å². The summed E-state index contributed by atoms with van der Waals surface area (Å²) in [6.45, 7) is 1.77. The lowest BCUT2D eigenvalue weighted by Crippen LogP contribution is -2.22. The van der Waals surface area contributed by atoms with Crippen LogP contribution in [0.25, 0.3) is 0 Å². The third-order valence-electron chi connectivity index (χ3n) is 5.29. The highest BCUT2D eigenvalue weighted by Crippen LogP contribution is 2.31. The van der Waals surface area contributed by atoms with Crippen molar-refractivity contribution in [3.05, 3.63) is 47.5 Å². The molecule has 2 aromatic rings. The van der Waals surface area contributed by atoms with Crippen molar-refractivity contribution in [2.45, 2.75) is 25.7 Å². The van der Waals surface area contributed by atoms with E-state index in [1.54, 1.807) is 36.4 Å². The molecule has 1 heterocycles. The molecule has 0 spiro atoms. The Bertz CT molecular complexity index is 983. The largest absolute Gasteiger partial charge is 0.493 e. The fourth-order valence-corrected chi connectivity index (χ4v) is 3.62. The Morgan fingerprint density at radius 2 is 1.61 bits per heavy atom. The summed E-state index contributed by atoms with van der Waals surface area (Å²) in [4.78, 5) is 38.9. The SMILES string of the molecule is COc1ccc(C(=O)CCC(=O)Nc2cc(C(N)=O)ccc2N2CCCC2)cc1OC. The molecule has 164 valence electrons. The maximum atomic E-state index is 12.6. The second-order valence-electron chi connectivity index (χ2n) is 7.33. The molecule has 0 saturated carbocycles. The third-order valence-corrected chi connectivity index (χ3v) is 5.29. The summed E-state index contributed by atoms with van der Waals surface area (Å²) in [6.07, 6.45) is 2.19. The zero-order valence-electron chi connectivity index (χ0n) is 17.8. The topological polar surface area (TPSA) is 111 Å². The molecule has 1 aliphatic rings. The van der Waals surface area contributed by atoms with Gasteiger partial charge in [-0.05, 0) is 49.2 Å². The number of hydrogen-bond donors (Lipinski definition) is 2. The summed E-state index contributed by atoms with van der Waals surface area (Å²) in [7, 11) is 3.02. The van der Waals surface area contributed by atoms with Crippen LogP contribution in [0.1, 0.15) is 46.4 Å². The standard InChI is InChI=1S/C23H27N3O5/c1-30-20-9-6-15(14-21(20)31-2)19(27)8-10-22(28)25-17-13-16(23(24)29)5-7-18(17)26-11-3-4-12-26/h5-7,9,13-14H,3-4,8,10-12H2,1-2H3,(H2,24,29)(H,25,28). The minimum Gasteiger partial charge on any atom is -0.493 e. The van der Waals surface area contributed by atoms with Crippen molar-refractivity contribution in [3.8, 4) is 11.5 Å². The average Bonchev–Trinajstić information content (AvgIpc) is 3.31. The fraction of sp³-hybridized carbons (Fsp3) is 0.348. The Balaban J connectivity index is 1.68. The second-order valence-corrected chi connectivity index (χ2v) is 7.33. The molecule has 0 bridgehead atoms. The number of carbonyl (C=O) groups excluding carboxylic acids is 3. The summed E-state index contributed by atoms with van der Waals surface area (Å²) >= 11 is 0. The summed E-state index contributed by atoms with van der Waals surface area (Å²) in [6, 6.07) is 9.94. The highest BCUT2D eigenvalue weighted by Gasteiger charge is 2.19. The minimum atomic E-state index is -0.563. The first kappa shape index (κ1) is 22.1. The number of rotatable bonds is 9.